The number of nitrogens with zero attached hydrogens (tertiary/aromatic N) is 3. The zero-order chi connectivity index (χ0) is 30.5. The highest BCUT2D eigenvalue weighted by Crippen LogP contribution is 2.31. The molecule has 2 aromatic rings. The number of carbonyl (C=O) groups excluding carboxylic acids is 4. The van der Waals surface area contributed by atoms with E-state index in [1.807, 2.05) is 22.6 Å². The van der Waals surface area contributed by atoms with Crippen molar-refractivity contribution in [2.75, 3.05) is 6.61 Å². The van der Waals surface area contributed by atoms with Gasteiger partial charge in [-0.3, -0.25) is 19.2 Å². The highest BCUT2D eigenvalue weighted by molar-refractivity contribution is 14.1. The third kappa shape index (κ3) is 8.64. The van der Waals surface area contributed by atoms with Crippen LogP contribution < -0.4 is 5.14 Å². The second kappa shape index (κ2) is 13.6. The standard InChI is InChI=1S/C23H27IN4O12S/c1-11(29)35-10-18-19(37-12(2)30)20(38-13(3)31)21(39-14(4)32)23(40-18)36-9-17-22(24)28(27-26-17)15-5-7-16(8-6-15)41(25,33)34/h5-8,18-21,23H,9-10H2,1-4H3,(H2,25,33,34)/t18-,19+,20+,21-,23?/m0/s1. The summed E-state index contributed by atoms with van der Waals surface area (Å²) >= 11 is 1.95. The highest BCUT2D eigenvalue weighted by Gasteiger charge is 2.52. The van der Waals surface area contributed by atoms with Crippen LogP contribution in [0.1, 0.15) is 33.4 Å². The van der Waals surface area contributed by atoms with Crippen LogP contribution in [0.4, 0.5) is 0 Å². The first kappa shape index (κ1) is 32.3. The summed E-state index contributed by atoms with van der Waals surface area (Å²) in [4.78, 5) is 47.2. The summed E-state index contributed by atoms with van der Waals surface area (Å²) in [5, 5.41) is 13.3. The third-order valence-corrected chi connectivity index (χ3v) is 7.43. The predicted molar refractivity (Wildman–Crippen MR) is 142 cm³/mol. The number of benzene rings is 1. The van der Waals surface area contributed by atoms with Crippen molar-refractivity contribution in [2.24, 2.45) is 5.14 Å². The molecule has 1 aromatic heterocycles. The van der Waals surface area contributed by atoms with Crippen LogP contribution in [0.2, 0.25) is 0 Å². The number of hydrogen-bond donors (Lipinski definition) is 1. The Morgan fingerprint density at radius 2 is 1.49 bits per heavy atom. The van der Waals surface area contributed by atoms with Gasteiger partial charge in [0.2, 0.25) is 10.0 Å². The molecule has 2 heterocycles. The van der Waals surface area contributed by atoms with Crippen LogP contribution in [0.25, 0.3) is 5.69 Å². The molecule has 1 aliphatic heterocycles. The monoisotopic (exact) mass is 710 g/mol. The maximum Gasteiger partial charge on any atom is 0.303 e. The Hall–Kier alpha value is -3.20. The average Bonchev–Trinajstić information content (AvgIpc) is 3.23. The van der Waals surface area contributed by atoms with Crippen LogP contribution in [0.5, 0.6) is 0 Å². The molecule has 1 unspecified atom stereocenters. The quantitative estimate of drug-likeness (QED) is 0.197. The molecule has 2 N–H and O–H groups in total. The molecule has 18 heteroatoms. The van der Waals surface area contributed by atoms with Crippen LogP contribution in [0.15, 0.2) is 29.2 Å². The van der Waals surface area contributed by atoms with Crippen LogP contribution in [-0.4, -0.2) is 84.6 Å². The van der Waals surface area contributed by atoms with Crippen LogP contribution in [0.3, 0.4) is 0 Å². The zero-order valence-electron chi connectivity index (χ0n) is 22.2. The number of primary sulfonamides is 1. The lowest BCUT2D eigenvalue weighted by Crippen LogP contribution is -2.62. The second-order valence-corrected chi connectivity index (χ2v) is 11.2. The molecular weight excluding hydrogens is 683 g/mol. The molecule has 1 saturated heterocycles. The number of hydrogen-bond acceptors (Lipinski definition) is 14. The SMILES string of the molecule is CC(=O)OC[C@@H]1OC(OCc2nnn(-c3ccc(S(N)(=O)=O)cc3)c2I)[C@@H](OC(C)=O)[C@H](OC(C)=O)[C@@H]1OC(C)=O. The van der Waals surface area contributed by atoms with Gasteiger partial charge in [0.25, 0.3) is 0 Å². The lowest BCUT2D eigenvalue weighted by molar-refractivity contribution is -0.310. The molecule has 41 heavy (non-hydrogen) atoms. The minimum atomic E-state index is -3.88. The molecule has 3 rings (SSSR count). The van der Waals surface area contributed by atoms with Crippen molar-refractivity contribution in [2.45, 2.75) is 69.9 Å². The molecule has 5 atom stereocenters. The van der Waals surface area contributed by atoms with Gasteiger partial charge >= 0.3 is 23.9 Å². The number of esters is 4. The number of sulfonamides is 1. The van der Waals surface area contributed by atoms with E-state index < -0.39 is 71.2 Å². The Balaban J connectivity index is 1.89. The Morgan fingerprint density at radius 1 is 0.927 bits per heavy atom. The van der Waals surface area contributed by atoms with Gasteiger partial charge < -0.3 is 28.4 Å². The number of nitrogens with two attached hydrogens (primary N) is 1. The van der Waals surface area contributed by atoms with Gasteiger partial charge in [0.15, 0.2) is 24.6 Å². The van der Waals surface area contributed by atoms with Crippen molar-refractivity contribution in [3.8, 4) is 5.69 Å². The van der Waals surface area contributed by atoms with Crippen molar-refractivity contribution < 1.29 is 56.0 Å². The molecule has 0 radical (unpaired) electrons. The summed E-state index contributed by atoms with van der Waals surface area (Å²) in [5.41, 5.74) is 0.793. The maximum absolute atomic E-state index is 12.0. The van der Waals surface area contributed by atoms with E-state index in [-0.39, 0.29) is 11.5 Å². The zero-order valence-corrected chi connectivity index (χ0v) is 25.2. The number of carbonyl (C=O) groups is 4. The van der Waals surface area contributed by atoms with E-state index in [0.29, 0.717) is 15.1 Å². The summed E-state index contributed by atoms with van der Waals surface area (Å²) in [7, 11) is -3.88. The Kier molecular flexibility index (Phi) is 10.8. The minimum absolute atomic E-state index is 0.0800. The molecular formula is C23H27IN4O12S. The first-order valence-corrected chi connectivity index (χ1v) is 14.4. The molecule has 224 valence electrons. The van der Waals surface area contributed by atoms with Crippen LogP contribution in [-0.2, 0) is 64.2 Å². The van der Waals surface area contributed by atoms with E-state index in [1.165, 1.54) is 28.9 Å². The van der Waals surface area contributed by atoms with Crippen LogP contribution >= 0.6 is 22.6 Å². The molecule has 1 aliphatic rings. The summed E-state index contributed by atoms with van der Waals surface area (Å²) < 4.78 is 57.9. The number of ether oxygens (including phenoxy) is 6. The lowest BCUT2D eigenvalue weighted by Gasteiger charge is -2.43. The average molecular weight is 710 g/mol. The normalized spacial score (nSPS) is 22.4. The molecule has 0 bridgehead atoms. The van der Waals surface area contributed by atoms with Gasteiger partial charge in [0.1, 0.15) is 22.1 Å². The van der Waals surface area contributed by atoms with Crippen LogP contribution in [0, 0.1) is 3.70 Å². The molecule has 0 saturated carbocycles. The molecule has 1 aromatic carbocycles. The fourth-order valence-electron chi connectivity index (χ4n) is 3.82. The van der Waals surface area contributed by atoms with Gasteiger partial charge in [-0.25, -0.2) is 18.2 Å². The van der Waals surface area contributed by atoms with Gasteiger partial charge in [-0.1, -0.05) is 5.21 Å². The Labute approximate surface area is 247 Å². The van der Waals surface area contributed by atoms with E-state index >= 15 is 0 Å². The van der Waals surface area contributed by atoms with Gasteiger partial charge in [-0.05, 0) is 46.9 Å². The van der Waals surface area contributed by atoms with Crippen molar-refractivity contribution in [3.63, 3.8) is 0 Å². The predicted octanol–water partition coefficient (Wildman–Crippen LogP) is 0.119. The summed E-state index contributed by atoms with van der Waals surface area (Å²) in [5.74, 6) is -2.95. The van der Waals surface area contributed by atoms with Crippen molar-refractivity contribution >= 4 is 56.5 Å². The minimum Gasteiger partial charge on any atom is -0.463 e. The summed E-state index contributed by atoms with van der Waals surface area (Å²) in [6.45, 7) is 3.85. The second-order valence-electron chi connectivity index (χ2n) is 8.66. The summed E-state index contributed by atoms with van der Waals surface area (Å²) in [6.07, 6.45) is -6.66. The molecule has 0 spiro atoms. The first-order chi connectivity index (χ1) is 19.2. The van der Waals surface area contributed by atoms with E-state index in [1.54, 1.807) is 0 Å². The van der Waals surface area contributed by atoms with E-state index in [0.717, 1.165) is 27.7 Å². The largest absolute Gasteiger partial charge is 0.463 e. The maximum atomic E-state index is 12.0. The highest BCUT2D eigenvalue weighted by atomic mass is 127. The molecule has 16 nitrogen and oxygen atoms in total. The molecule has 0 amide bonds. The van der Waals surface area contributed by atoms with Crippen molar-refractivity contribution in [3.05, 3.63) is 33.7 Å². The van der Waals surface area contributed by atoms with Gasteiger partial charge in [0, 0.05) is 27.7 Å². The van der Waals surface area contributed by atoms with E-state index in [4.69, 9.17) is 33.6 Å². The van der Waals surface area contributed by atoms with Crippen molar-refractivity contribution in [1.29, 1.82) is 0 Å². The number of halogens is 1. The number of aromatic nitrogens is 3. The fourth-order valence-corrected chi connectivity index (χ4v) is 4.97. The van der Waals surface area contributed by atoms with Gasteiger partial charge in [-0.2, -0.15) is 0 Å². The van der Waals surface area contributed by atoms with Gasteiger partial charge in [-0.15, -0.1) is 5.10 Å². The van der Waals surface area contributed by atoms with E-state index in [9.17, 15) is 27.6 Å². The third-order valence-electron chi connectivity index (χ3n) is 5.42. The number of rotatable bonds is 10. The van der Waals surface area contributed by atoms with Crippen molar-refractivity contribution in [1.82, 2.24) is 15.0 Å². The molecule has 0 aliphatic carbocycles. The molecule has 1 fully saturated rings. The van der Waals surface area contributed by atoms with E-state index in [2.05, 4.69) is 10.3 Å². The Bertz CT molecular complexity index is 1400. The topological polar surface area (TPSA) is 215 Å². The smallest absolute Gasteiger partial charge is 0.303 e. The lowest BCUT2D eigenvalue weighted by atomic mass is 9.98. The first-order valence-electron chi connectivity index (χ1n) is 11.8. The fraction of sp³-hybridized carbons (Fsp3) is 0.478. The summed E-state index contributed by atoms with van der Waals surface area (Å²) in [6, 6.07) is 5.60. The van der Waals surface area contributed by atoms with Gasteiger partial charge in [0.05, 0.1) is 17.2 Å². The Morgan fingerprint density at radius 3 is 2.02 bits per heavy atom.